The number of aryl methyl sites for hydroxylation is 2. The van der Waals surface area contributed by atoms with E-state index in [1.54, 1.807) is 13.8 Å². The molecule has 6 heteroatoms. The number of aliphatic hydroxyl groups excluding tert-OH is 1. The fraction of sp³-hybridized carbons (Fsp3) is 0.333. The minimum absolute atomic E-state index is 0.0168. The third kappa shape index (κ3) is 4.06. The summed E-state index contributed by atoms with van der Waals surface area (Å²) in [6.45, 7) is 3.57. The average molecular weight is 289 g/mol. The molecule has 1 heterocycles. The van der Waals surface area contributed by atoms with Gasteiger partial charge >= 0.3 is 12.0 Å². The van der Waals surface area contributed by atoms with Crippen molar-refractivity contribution in [1.82, 2.24) is 10.3 Å². The summed E-state index contributed by atoms with van der Waals surface area (Å²) in [5.74, 6) is 0.667. The first kappa shape index (κ1) is 15.1. The fourth-order valence-corrected chi connectivity index (χ4v) is 1.95. The number of hydrogen-bond acceptors (Lipinski definition) is 4. The highest BCUT2D eigenvalue weighted by atomic mass is 16.4. The molecule has 0 aliphatic rings. The van der Waals surface area contributed by atoms with Crippen molar-refractivity contribution in [3.63, 3.8) is 0 Å². The second-order valence-electron chi connectivity index (χ2n) is 4.73. The third-order valence-electron chi connectivity index (χ3n) is 3.17. The average Bonchev–Trinajstić information content (AvgIpc) is 2.77. The van der Waals surface area contributed by atoms with Gasteiger partial charge in [-0.05, 0) is 25.8 Å². The Morgan fingerprint density at radius 2 is 2.05 bits per heavy atom. The second kappa shape index (κ2) is 6.90. The number of nitrogens with zero attached hydrogens (tertiary/aromatic N) is 1. The number of aromatic nitrogens is 1. The Hall–Kier alpha value is -2.34. The molecule has 2 rings (SSSR count). The van der Waals surface area contributed by atoms with Gasteiger partial charge in [0.25, 0.3) is 0 Å². The van der Waals surface area contributed by atoms with Crippen LogP contribution in [0.3, 0.4) is 0 Å². The SMILES string of the molecule is Cc1nc(NC(=O)N[C@H](CCO)c2ccccc2)oc1C. The van der Waals surface area contributed by atoms with Gasteiger partial charge in [-0.3, -0.25) is 5.32 Å². The highest BCUT2D eigenvalue weighted by Crippen LogP contribution is 2.17. The number of carbonyl (C=O) groups is 1. The fourth-order valence-electron chi connectivity index (χ4n) is 1.95. The number of amides is 2. The van der Waals surface area contributed by atoms with Crippen LogP contribution in [0.25, 0.3) is 0 Å². The van der Waals surface area contributed by atoms with E-state index < -0.39 is 6.03 Å². The van der Waals surface area contributed by atoms with Gasteiger partial charge in [-0.2, -0.15) is 4.98 Å². The first-order valence-electron chi connectivity index (χ1n) is 6.77. The Morgan fingerprint density at radius 1 is 1.33 bits per heavy atom. The second-order valence-corrected chi connectivity index (χ2v) is 4.73. The molecule has 21 heavy (non-hydrogen) atoms. The van der Waals surface area contributed by atoms with E-state index >= 15 is 0 Å². The summed E-state index contributed by atoms with van der Waals surface area (Å²) in [6, 6.07) is 8.96. The number of urea groups is 1. The Labute approximate surface area is 123 Å². The number of oxazole rings is 1. The molecule has 2 aromatic rings. The van der Waals surface area contributed by atoms with E-state index in [9.17, 15) is 4.79 Å². The van der Waals surface area contributed by atoms with E-state index in [-0.39, 0.29) is 18.7 Å². The predicted molar refractivity (Wildman–Crippen MR) is 79.0 cm³/mol. The van der Waals surface area contributed by atoms with Crippen molar-refractivity contribution in [2.24, 2.45) is 0 Å². The molecule has 0 saturated carbocycles. The summed E-state index contributed by atoms with van der Waals surface area (Å²) in [5, 5.41) is 14.5. The lowest BCUT2D eigenvalue weighted by Gasteiger charge is -2.17. The molecule has 0 aliphatic carbocycles. The summed E-state index contributed by atoms with van der Waals surface area (Å²) in [4.78, 5) is 16.1. The Morgan fingerprint density at radius 3 is 2.62 bits per heavy atom. The van der Waals surface area contributed by atoms with Crippen LogP contribution in [0.4, 0.5) is 10.8 Å². The standard InChI is InChI=1S/C15H19N3O3/c1-10-11(2)21-15(16-10)18-14(20)17-13(8-9-19)12-6-4-3-5-7-12/h3-7,13,19H,8-9H2,1-2H3,(H2,16,17,18,20)/t13-/m1/s1. The van der Waals surface area contributed by atoms with Gasteiger partial charge in [-0.1, -0.05) is 30.3 Å². The maximum atomic E-state index is 12.0. The number of hydrogen-bond donors (Lipinski definition) is 3. The van der Waals surface area contributed by atoms with Gasteiger partial charge in [0.15, 0.2) is 0 Å². The lowest BCUT2D eigenvalue weighted by molar-refractivity contribution is 0.238. The van der Waals surface area contributed by atoms with Crippen molar-refractivity contribution in [2.45, 2.75) is 26.3 Å². The van der Waals surface area contributed by atoms with Gasteiger partial charge in [0.05, 0.1) is 11.7 Å². The summed E-state index contributed by atoms with van der Waals surface area (Å²) in [6.07, 6.45) is 0.432. The largest absolute Gasteiger partial charge is 0.428 e. The van der Waals surface area contributed by atoms with Crippen LogP contribution in [0.15, 0.2) is 34.7 Å². The lowest BCUT2D eigenvalue weighted by Crippen LogP contribution is -2.33. The number of carbonyl (C=O) groups excluding carboxylic acids is 1. The molecule has 0 saturated heterocycles. The molecule has 1 aromatic carbocycles. The maximum absolute atomic E-state index is 12.0. The highest BCUT2D eigenvalue weighted by Gasteiger charge is 2.15. The molecule has 2 amide bonds. The van der Waals surface area contributed by atoms with Crippen LogP contribution < -0.4 is 10.6 Å². The van der Waals surface area contributed by atoms with Crippen LogP contribution >= 0.6 is 0 Å². The Balaban J connectivity index is 2.01. The zero-order chi connectivity index (χ0) is 15.2. The van der Waals surface area contributed by atoms with Crippen molar-refractivity contribution in [3.8, 4) is 0 Å². The third-order valence-corrected chi connectivity index (χ3v) is 3.17. The van der Waals surface area contributed by atoms with Crippen molar-refractivity contribution in [3.05, 3.63) is 47.3 Å². The number of benzene rings is 1. The van der Waals surface area contributed by atoms with Crippen molar-refractivity contribution in [1.29, 1.82) is 0 Å². The van der Waals surface area contributed by atoms with Gasteiger partial charge in [-0.25, -0.2) is 4.79 Å². The summed E-state index contributed by atoms with van der Waals surface area (Å²) >= 11 is 0. The molecule has 0 unspecified atom stereocenters. The van der Waals surface area contributed by atoms with Crippen LogP contribution in [0.1, 0.15) is 29.5 Å². The number of nitrogens with one attached hydrogen (secondary N) is 2. The molecular weight excluding hydrogens is 270 g/mol. The normalized spacial score (nSPS) is 12.0. The molecule has 6 nitrogen and oxygen atoms in total. The molecule has 0 bridgehead atoms. The van der Waals surface area contributed by atoms with Gasteiger partial charge in [0.2, 0.25) is 0 Å². The number of anilines is 1. The molecular formula is C15H19N3O3. The molecule has 0 aliphatic heterocycles. The lowest BCUT2D eigenvalue weighted by atomic mass is 10.0. The molecule has 112 valence electrons. The van der Waals surface area contributed by atoms with Crippen LogP contribution in [-0.4, -0.2) is 22.7 Å². The Bertz CT molecular complexity index is 576. The zero-order valence-electron chi connectivity index (χ0n) is 12.1. The zero-order valence-corrected chi connectivity index (χ0v) is 12.1. The monoisotopic (exact) mass is 289 g/mol. The molecule has 3 N–H and O–H groups in total. The number of rotatable bonds is 5. The summed E-state index contributed by atoms with van der Waals surface area (Å²) in [7, 11) is 0. The van der Waals surface area contributed by atoms with Crippen LogP contribution in [0.5, 0.6) is 0 Å². The van der Waals surface area contributed by atoms with Gasteiger partial charge in [0.1, 0.15) is 5.76 Å². The topological polar surface area (TPSA) is 87.4 Å². The van der Waals surface area contributed by atoms with Crippen LogP contribution in [0.2, 0.25) is 0 Å². The summed E-state index contributed by atoms with van der Waals surface area (Å²) in [5.41, 5.74) is 1.67. The first-order valence-corrected chi connectivity index (χ1v) is 6.77. The van der Waals surface area contributed by atoms with Gasteiger partial charge in [0, 0.05) is 6.61 Å². The molecule has 0 fully saturated rings. The van der Waals surface area contributed by atoms with E-state index in [0.717, 1.165) is 11.3 Å². The van der Waals surface area contributed by atoms with E-state index in [4.69, 9.17) is 9.52 Å². The van der Waals surface area contributed by atoms with Crippen molar-refractivity contribution in [2.75, 3.05) is 11.9 Å². The van der Waals surface area contributed by atoms with Gasteiger partial charge < -0.3 is 14.8 Å². The van der Waals surface area contributed by atoms with E-state index in [0.29, 0.717) is 12.2 Å². The van der Waals surface area contributed by atoms with E-state index in [1.807, 2.05) is 30.3 Å². The van der Waals surface area contributed by atoms with Gasteiger partial charge in [-0.15, -0.1) is 0 Å². The minimum atomic E-state index is -0.418. The minimum Gasteiger partial charge on any atom is -0.428 e. The van der Waals surface area contributed by atoms with Crippen LogP contribution in [0, 0.1) is 13.8 Å². The predicted octanol–water partition coefficient (Wildman–Crippen LogP) is 2.54. The molecule has 1 aromatic heterocycles. The maximum Gasteiger partial charge on any atom is 0.323 e. The summed E-state index contributed by atoms with van der Waals surface area (Å²) < 4.78 is 5.30. The molecule has 1 atom stereocenters. The van der Waals surface area contributed by atoms with E-state index in [1.165, 1.54) is 0 Å². The Kier molecular flexibility index (Phi) is 4.94. The quantitative estimate of drug-likeness (QED) is 0.789. The smallest absolute Gasteiger partial charge is 0.323 e. The van der Waals surface area contributed by atoms with Crippen LogP contribution in [-0.2, 0) is 0 Å². The van der Waals surface area contributed by atoms with Crippen molar-refractivity contribution < 1.29 is 14.3 Å². The highest BCUT2D eigenvalue weighted by molar-refractivity contribution is 5.87. The number of aliphatic hydroxyl groups is 1. The first-order chi connectivity index (χ1) is 10.1. The van der Waals surface area contributed by atoms with Crippen molar-refractivity contribution >= 4 is 12.0 Å². The molecule has 0 spiro atoms. The molecule has 0 radical (unpaired) electrons. The van der Waals surface area contributed by atoms with E-state index in [2.05, 4.69) is 15.6 Å².